The third kappa shape index (κ3) is 27.4. The van der Waals surface area contributed by atoms with Crippen molar-refractivity contribution in [3.8, 4) is 5.75 Å². The molecule has 4 saturated heterocycles. The number of aromatic nitrogens is 4. The van der Waals surface area contributed by atoms with Gasteiger partial charge in [-0.15, -0.1) is 0 Å². The molecule has 14 amide bonds. The summed E-state index contributed by atoms with van der Waals surface area (Å²) in [6.45, 7) is 2.60. The number of carboxylic acid groups (broad SMARTS) is 1. The normalized spacial score (nSPS) is 25.5. The second-order valence-electron chi connectivity index (χ2n) is 35.2. The first-order valence-electron chi connectivity index (χ1n) is 45.6. The average Bonchev–Trinajstić information content (AvgIpc) is 1.68. The second kappa shape index (κ2) is 48.7. The van der Waals surface area contributed by atoms with E-state index in [-0.39, 0.29) is 82.4 Å². The molecule has 134 heavy (non-hydrogen) atoms. The van der Waals surface area contributed by atoms with Gasteiger partial charge in [0.05, 0.1) is 67.7 Å². The Morgan fingerprint density at radius 1 is 0.567 bits per heavy atom. The molecule has 4 fully saturated rings. The first-order chi connectivity index (χ1) is 64.0. The molecule has 41 heteroatoms. The summed E-state index contributed by atoms with van der Waals surface area (Å²) in [7, 11) is 4.50. The number of carboxylic acids is 1. The lowest BCUT2D eigenvalue weighted by atomic mass is 9.89. The van der Waals surface area contributed by atoms with E-state index in [1.54, 1.807) is 66.5 Å². The van der Waals surface area contributed by atoms with Gasteiger partial charge in [0.15, 0.2) is 17.3 Å². The van der Waals surface area contributed by atoms with Gasteiger partial charge in [-0.05, 0) is 99.2 Å². The molecule has 0 saturated carbocycles. The minimum absolute atomic E-state index is 0.0185. The number of thioether (sulfide) groups is 1. The van der Waals surface area contributed by atoms with Crippen LogP contribution in [0.25, 0.3) is 21.8 Å². The van der Waals surface area contributed by atoms with Crippen LogP contribution < -0.4 is 48.7 Å². The average molecular weight is 1880 g/mol. The number of primary amides is 2. The number of amides is 14. The maximum atomic E-state index is 15.7. The molecule has 3 aromatic carbocycles. The lowest BCUT2D eigenvalue weighted by molar-refractivity contribution is -0.150. The van der Waals surface area contributed by atoms with Crippen LogP contribution >= 0.6 is 11.8 Å². The van der Waals surface area contributed by atoms with Crippen molar-refractivity contribution >= 4 is 140 Å². The number of H-pyrrole nitrogens is 2. The highest BCUT2D eigenvalue weighted by molar-refractivity contribution is 7.99. The first kappa shape index (κ1) is 103. The Labute approximate surface area is 778 Å². The van der Waals surface area contributed by atoms with Crippen molar-refractivity contribution < 1.29 is 107 Å². The number of piperidine rings is 1. The fraction of sp³-hybridized carbons (Fsp3) is 0.538. The van der Waals surface area contributed by atoms with E-state index in [4.69, 9.17) is 11.5 Å². The first-order valence-corrected chi connectivity index (χ1v) is 46.7. The Morgan fingerprint density at radius 3 is 1.87 bits per heavy atom. The van der Waals surface area contributed by atoms with Gasteiger partial charge < -0.3 is 108 Å². The maximum absolute atomic E-state index is 15.7. The SMILES string of the molecule is CCCC[C@H]1C(=O)N(C)[C@@H](CCCC)C(=O)N[C@@H](C)C(=O)C[C@H](C(=O)NCC(N)=O)CSCC(=O)N[C@@H](Cc2ccc(O)cc2)C(=O)N2CCCC[C@H]2C(=O)C[C@@H](CC(=O)O)C(=O)N2CCC[C@H]2C(=O)N[C@@H](Cc2cnc[nH]2)C(=O)C[C@@H](CCC(N)=O)C(=O)N2C[C@H](O)C[C@H]2C(=O)N[C@@H](Cc2c[nH]c3ccccc23)C(=O)N[C@@H](CO)C(=O)N[C@@H](Cc2cn(C)c3ccccc23)C(=O)N1C. The van der Waals surface area contributed by atoms with E-state index in [2.05, 4.69) is 52.2 Å². The number of aliphatic hydroxyl groups excluding tert-OH is 2. The molecule has 40 nitrogen and oxygen atoms in total. The largest absolute Gasteiger partial charge is 0.508 e. The van der Waals surface area contributed by atoms with Crippen molar-refractivity contribution in [1.82, 2.24) is 81.2 Å². The number of imidazole rings is 1. The van der Waals surface area contributed by atoms with Gasteiger partial charge >= 0.3 is 5.97 Å². The molecule has 3 aromatic heterocycles. The number of hydrogen-bond donors (Lipinski definition) is 15. The highest BCUT2D eigenvalue weighted by Crippen LogP contribution is 2.32. The molecule has 4 aliphatic heterocycles. The number of aliphatic carboxylic acids is 1. The van der Waals surface area contributed by atoms with Crippen molar-refractivity contribution in [3.05, 3.63) is 120 Å². The summed E-state index contributed by atoms with van der Waals surface area (Å²) in [5.41, 5.74) is 14.2. The third-order valence-corrected chi connectivity index (χ3v) is 26.5. The summed E-state index contributed by atoms with van der Waals surface area (Å²) in [5, 5.41) is 63.3. The van der Waals surface area contributed by atoms with Gasteiger partial charge in [-0.1, -0.05) is 88.1 Å². The number of hydrogen-bond acceptors (Lipinski definition) is 23. The third-order valence-electron chi connectivity index (χ3n) is 25.4. The molecule has 17 N–H and O–H groups in total. The van der Waals surface area contributed by atoms with Crippen LogP contribution in [0.5, 0.6) is 5.75 Å². The number of carbonyl (C=O) groups is 18. The minimum Gasteiger partial charge on any atom is -0.508 e. The number of aliphatic hydroxyl groups is 2. The van der Waals surface area contributed by atoms with Crippen LogP contribution in [0.15, 0.2) is 97.7 Å². The summed E-state index contributed by atoms with van der Waals surface area (Å²) in [5.74, 6) is -21.6. The fourth-order valence-corrected chi connectivity index (χ4v) is 19.0. The molecule has 724 valence electrons. The van der Waals surface area contributed by atoms with Crippen molar-refractivity contribution in [2.45, 2.75) is 235 Å². The Balaban J connectivity index is 1.01. The number of aryl methyl sites for hydroxylation is 1. The summed E-state index contributed by atoms with van der Waals surface area (Å²) in [4.78, 5) is 279. The zero-order valence-corrected chi connectivity index (χ0v) is 77.1. The maximum Gasteiger partial charge on any atom is 0.304 e. The van der Waals surface area contributed by atoms with E-state index < -0.39 is 267 Å². The molecular formula is C93H124N18O22S. The van der Waals surface area contributed by atoms with Crippen molar-refractivity contribution in [2.75, 3.05) is 58.4 Å². The zero-order valence-electron chi connectivity index (χ0n) is 76.2. The lowest BCUT2D eigenvalue weighted by Crippen LogP contribution is -2.61. The molecular weight excluding hydrogens is 1750 g/mol. The molecule has 4 aliphatic rings. The van der Waals surface area contributed by atoms with Crippen LogP contribution in [0.1, 0.15) is 159 Å². The van der Waals surface area contributed by atoms with E-state index in [0.29, 0.717) is 77.2 Å². The summed E-state index contributed by atoms with van der Waals surface area (Å²) < 4.78 is 1.80. The van der Waals surface area contributed by atoms with Crippen molar-refractivity contribution in [3.63, 3.8) is 0 Å². The number of likely N-dealkylation sites (N-methyl/N-ethyl adjacent to an activating group) is 2. The van der Waals surface area contributed by atoms with Crippen LogP contribution in [0, 0.1) is 17.8 Å². The topological polar surface area (TPSA) is 590 Å². The Morgan fingerprint density at radius 2 is 1.18 bits per heavy atom. The van der Waals surface area contributed by atoms with Gasteiger partial charge in [-0.25, -0.2) is 4.98 Å². The number of carbonyl (C=O) groups excluding carboxylic acids is 17. The van der Waals surface area contributed by atoms with Crippen LogP contribution in [0.4, 0.5) is 0 Å². The van der Waals surface area contributed by atoms with E-state index in [1.807, 2.05) is 19.9 Å². The molecule has 0 unspecified atom stereocenters. The summed E-state index contributed by atoms with van der Waals surface area (Å²) >= 11 is 0.858. The minimum atomic E-state index is -1.90. The number of rotatable bonds is 23. The number of nitrogens with zero attached hydrogens (tertiary/aromatic N) is 7. The van der Waals surface area contributed by atoms with E-state index in [1.165, 1.54) is 67.6 Å². The molecule has 0 radical (unpaired) electrons. The number of aromatic hydroxyl groups is 1. The predicted molar refractivity (Wildman–Crippen MR) is 489 cm³/mol. The smallest absolute Gasteiger partial charge is 0.304 e. The van der Waals surface area contributed by atoms with Crippen molar-refractivity contribution in [2.24, 2.45) is 36.3 Å². The molecule has 0 bridgehead atoms. The van der Waals surface area contributed by atoms with E-state index in [0.717, 1.165) is 32.0 Å². The number of nitrogens with one attached hydrogen (secondary N) is 9. The van der Waals surface area contributed by atoms with Gasteiger partial charge in [-0.3, -0.25) is 86.3 Å². The molecule has 0 spiro atoms. The highest BCUT2D eigenvalue weighted by atomic mass is 32.2. The number of para-hydroxylation sites is 2. The number of phenolic OH excluding ortho intramolecular Hbond substituents is 1. The fourth-order valence-electron chi connectivity index (χ4n) is 18.1. The molecule has 6 aromatic rings. The van der Waals surface area contributed by atoms with Crippen LogP contribution in [0.2, 0.25) is 0 Å². The van der Waals surface area contributed by atoms with E-state index in [9.17, 15) is 63.6 Å². The van der Waals surface area contributed by atoms with Gasteiger partial charge in [-0.2, -0.15) is 11.8 Å². The summed E-state index contributed by atoms with van der Waals surface area (Å²) in [6.07, 6.45) is 1.82. The standard InChI is InChI=1S/C93H124N18O22S/c1-7-9-21-72-86(126)100-52(3)76(115)39-58(83(123)98-45-80(95)119)49-134-50-81(120)101-67(34-53-26-29-60(113)30-27-53)92(132)109-32-16-15-24-71(109)78(117)38-55(40-82(121)122)90(130)110-33-17-25-73(110)87(127)102-65(41-59-44-96-51-99-59)77(116)37-54(28-31-79(94)118)89(129)111-47-61(114)42-75(111)88(128)103-66(35-56-43-97-64-20-13-11-18-62(56)64)84(124)105-69(48-112)85(125)104-68(36-57-46-106(4)70-23-14-12-19-63(57)70)91(131)108(6)74(22-10-8-2)93(133)107(72)5/h11-14,18-20,23,26-27,29-30,43-44,46,51-52,54-55,58,61,65-69,71-75,97,112-114H,7-10,15-17,21-22,24-25,28,31-42,45,47-50H2,1-6H3,(H2,94,118)(H2,95,119)(H,96,99)(H,98,123)(H,100,126)(H,101,120)(H,102,127)(H,103,128)(H,104,125)(H,105,124)(H,121,122)/t52-,54+,55-,58-,61+,65-,66-,67-,68-,69-,71-,72-,73-,74-,75-/m0/s1. The Bertz CT molecular complexity index is 5260. The second-order valence-corrected chi connectivity index (χ2v) is 36.3. The van der Waals surface area contributed by atoms with Gasteiger partial charge in [0, 0.05) is 156 Å². The number of ketones is 3. The number of nitrogens with two attached hydrogens (primary N) is 2. The molecule has 0 aliphatic carbocycles. The monoisotopic (exact) mass is 1880 g/mol. The molecule has 7 heterocycles. The zero-order chi connectivity index (χ0) is 97.3. The van der Waals surface area contributed by atoms with Crippen molar-refractivity contribution in [1.29, 1.82) is 0 Å². The number of Topliss-reactive ketones (excluding diaryl/α,β-unsaturated/α-hetero) is 3. The molecule has 10 rings (SSSR count). The van der Waals surface area contributed by atoms with E-state index >= 15 is 43.2 Å². The lowest BCUT2D eigenvalue weighted by Gasteiger charge is -2.38. The summed E-state index contributed by atoms with van der Waals surface area (Å²) in [6, 6.07) is 3.42. The Kier molecular flexibility index (Phi) is 37.5. The van der Waals surface area contributed by atoms with Crippen LogP contribution in [-0.2, 0) is 119 Å². The molecule has 15 atom stereocenters. The van der Waals surface area contributed by atoms with Gasteiger partial charge in [0.2, 0.25) is 82.7 Å². The van der Waals surface area contributed by atoms with Gasteiger partial charge in [0.1, 0.15) is 54.1 Å². The Hall–Kier alpha value is -12.9. The number of unbranched alkanes of at least 4 members (excludes halogenated alkanes) is 2. The van der Waals surface area contributed by atoms with Gasteiger partial charge in [0.25, 0.3) is 0 Å². The number of benzene rings is 3. The quantitative estimate of drug-likeness (QED) is 0.0414. The van der Waals surface area contributed by atoms with Crippen LogP contribution in [0.3, 0.4) is 0 Å². The predicted octanol–water partition coefficient (Wildman–Crippen LogP) is 0.463. The van der Waals surface area contributed by atoms with Crippen LogP contribution in [-0.4, -0.2) is 301 Å². The number of fused-ring (bicyclic) bond motifs is 5. The number of phenols is 1. The number of aromatic amines is 2. The highest BCUT2D eigenvalue weighted by Gasteiger charge is 2.47.